The summed E-state index contributed by atoms with van der Waals surface area (Å²) in [5, 5.41) is 13.9. The van der Waals surface area contributed by atoms with Crippen LogP contribution in [0, 0.1) is 0 Å². The van der Waals surface area contributed by atoms with Gasteiger partial charge in [0.2, 0.25) is 10.0 Å². The molecule has 0 heterocycles. The van der Waals surface area contributed by atoms with Gasteiger partial charge in [-0.05, 0) is 36.4 Å². The van der Waals surface area contributed by atoms with Crippen LogP contribution in [0.4, 0.5) is 16.2 Å². The van der Waals surface area contributed by atoms with E-state index in [1.807, 2.05) is 6.07 Å². The first kappa shape index (κ1) is 16.9. The lowest BCUT2D eigenvalue weighted by Gasteiger charge is -2.09. The number of carbonyl (C=O) groups excluding carboxylic acids is 1. The Bertz CT molecular complexity index is 746. The Morgan fingerprint density at radius 2 is 1.48 bits per heavy atom. The molecule has 0 atom stereocenters. The molecule has 2 aromatic rings. The van der Waals surface area contributed by atoms with Crippen molar-refractivity contribution >= 4 is 27.4 Å². The van der Waals surface area contributed by atoms with Gasteiger partial charge in [0, 0.05) is 17.9 Å². The van der Waals surface area contributed by atoms with Crippen LogP contribution in [-0.2, 0) is 10.0 Å². The first-order valence-electron chi connectivity index (χ1n) is 6.85. The molecule has 4 N–H and O–H groups in total. The standard InChI is InChI=1S/C15H17N3O4S/c19-11-10-16-23(21,22)14-8-6-13(7-9-14)18-15(20)17-12-4-2-1-3-5-12/h1-9,16,19H,10-11H2,(H2,17,18,20). The molecule has 0 unspecified atom stereocenters. The van der Waals surface area contributed by atoms with Crippen LogP contribution < -0.4 is 15.4 Å². The molecule has 8 heteroatoms. The van der Waals surface area contributed by atoms with Gasteiger partial charge in [-0.25, -0.2) is 17.9 Å². The summed E-state index contributed by atoms with van der Waals surface area (Å²) in [5.74, 6) is 0. The van der Waals surface area contributed by atoms with Gasteiger partial charge >= 0.3 is 6.03 Å². The van der Waals surface area contributed by atoms with Crippen LogP contribution in [-0.4, -0.2) is 32.7 Å². The van der Waals surface area contributed by atoms with Gasteiger partial charge in [-0.15, -0.1) is 0 Å². The zero-order chi connectivity index (χ0) is 16.7. The minimum absolute atomic E-state index is 0.0538. The first-order valence-corrected chi connectivity index (χ1v) is 8.33. The highest BCUT2D eigenvalue weighted by atomic mass is 32.2. The van der Waals surface area contributed by atoms with E-state index in [-0.39, 0.29) is 18.0 Å². The van der Waals surface area contributed by atoms with Gasteiger partial charge in [-0.2, -0.15) is 0 Å². The smallest absolute Gasteiger partial charge is 0.323 e. The Hall–Kier alpha value is -2.42. The number of rotatable bonds is 6. The average Bonchev–Trinajstić information content (AvgIpc) is 2.54. The molecule has 7 nitrogen and oxygen atoms in total. The zero-order valence-corrected chi connectivity index (χ0v) is 13.0. The molecule has 122 valence electrons. The normalized spacial score (nSPS) is 11.0. The summed E-state index contributed by atoms with van der Waals surface area (Å²) in [6.07, 6.45) is 0. The Kier molecular flexibility index (Phi) is 5.69. The maximum Gasteiger partial charge on any atom is 0.323 e. The van der Waals surface area contributed by atoms with E-state index >= 15 is 0 Å². The SMILES string of the molecule is O=C(Nc1ccccc1)Nc1ccc(S(=O)(=O)NCCO)cc1. The van der Waals surface area contributed by atoms with Gasteiger partial charge in [0.05, 0.1) is 11.5 Å². The van der Waals surface area contributed by atoms with Gasteiger partial charge in [0.15, 0.2) is 0 Å². The second-order valence-corrected chi connectivity index (χ2v) is 6.36. The maximum absolute atomic E-state index is 11.8. The summed E-state index contributed by atoms with van der Waals surface area (Å²) in [5.41, 5.74) is 1.11. The van der Waals surface area contributed by atoms with Crippen molar-refractivity contribution in [1.29, 1.82) is 0 Å². The number of anilines is 2. The molecule has 0 fully saturated rings. The number of carbonyl (C=O) groups is 1. The van der Waals surface area contributed by atoms with E-state index in [2.05, 4.69) is 15.4 Å². The summed E-state index contributed by atoms with van der Waals surface area (Å²) in [6.45, 7) is -0.333. The Morgan fingerprint density at radius 3 is 2.04 bits per heavy atom. The fourth-order valence-electron chi connectivity index (χ4n) is 1.80. The summed E-state index contributed by atoms with van der Waals surface area (Å²) in [6, 6.07) is 14.2. The lowest BCUT2D eigenvalue weighted by Crippen LogP contribution is -2.26. The number of sulfonamides is 1. The van der Waals surface area contributed by atoms with Crippen molar-refractivity contribution < 1.29 is 18.3 Å². The topological polar surface area (TPSA) is 108 Å². The molecular weight excluding hydrogens is 318 g/mol. The van der Waals surface area contributed by atoms with E-state index in [1.54, 1.807) is 24.3 Å². The molecule has 0 aromatic heterocycles. The number of benzene rings is 2. The molecule has 0 aliphatic heterocycles. The molecule has 2 amide bonds. The number of para-hydroxylation sites is 1. The largest absolute Gasteiger partial charge is 0.395 e. The monoisotopic (exact) mass is 335 g/mol. The first-order chi connectivity index (χ1) is 11.0. The average molecular weight is 335 g/mol. The third-order valence-corrected chi connectivity index (χ3v) is 4.33. The van der Waals surface area contributed by atoms with Crippen molar-refractivity contribution in [3.8, 4) is 0 Å². The number of urea groups is 1. The summed E-state index contributed by atoms with van der Waals surface area (Å²) in [7, 11) is -3.65. The van der Waals surface area contributed by atoms with E-state index in [0.29, 0.717) is 11.4 Å². The second-order valence-electron chi connectivity index (χ2n) is 4.59. The van der Waals surface area contributed by atoms with Crippen LogP contribution >= 0.6 is 0 Å². The fraction of sp³-hybridized carbons (Fsp3) is 0.133. The summed E-state index contributed by atoms with van der Waals surface area (Å²) < 4.78 is 25.9. The van der Waals surface area contributed by atoms with Crippen molar-refractivity contribution in [2.75, 3.05) is 23.8 Å². The predicted octanol–water partition coefficient (Wildman–Crippen LogP) is 1.60. The van der Waals surface area contributed by atoms with Crippen LogP contribution in [0.2, 0.25) is 0 Å². The van der Waals surface area contributed by atoms with Crippen LogP contribution in [0.1, 0.15) is 0 Å². The third-order valence-electron chi connectivity index (χ3n) is 2.86. The molecule has 2 rings (SSSR count). The number of nitrogens with one attached hydrogen (secondary N) is 3. The maximum atomic E-state index is 11.8. The van der Waals surface area contributed by atoms with E-state index in [4.69, 9.17) is 5.11 Å². The fourth-order valence-corrected chi connectivity index (χ4v) is 2.82. The van der Waals surface area contributed by atoms with Crippen LogP contribution in [0.15, 0.2) is 59.5 Å². The van der Waals surface area contributed by atoms with Gasteiger partial charge in [0.25, 0.3) is 0 Å². The Labute approximate surface area is 134 Å². The minimum Gasteiger partial charge on any atom is -0.395 e. The summed E-state index contributed by atoms with van der Waals surface area (Å²) in [4.78, 5) is 11.9. The van der Waals surface area contributed by atoms with Crippen molar-refractivity contribution in [3.05, 3.63) is 54.6 Å². The lowest BCUT2D eigenvalue weighted by atomic mass is 10.3. The van der Waals surface area contributed by atoms with Crippen LogP contribution in [0.25, 0.3) is 0 Å². The van der Waals surface area contributed by atoms with Gasteiger partial charge in [0.1, 0.15) is 0 Å². The molecule has 0 bridgehead atoms. The second kappa shape index (κ2) is 7.73. The molecule has 0 radical (unpaired) electrons. The molecule has 0 saturated carbocycles. The van der Waals surface area contributed by atoms with E-state index in [9.17, 15) is 13.2 Å². The lowest BCUT2D eigenvalue weighted by molar-refractivity contribution is 0.262. The van der Waals surface area contributed by atoms with Gasteiger partial charge in [-0.1, -0.05) is 18.2 Å². The molecule has 0 saturated heterocycles. The highest BCUT2D eigenvalue weighted by molar-refractivity contribution is 7.89. The van der Waals surface area contributed by atoms with E-state index in [0.717, 1.165) is 0 Å². The predicted molar refractivity (Wildman–Crippen MR) is 87.8 cm³/mol. The third kappa shape index (κ3) is 5.06. The molecule has 0 aliphatic rings. The molecule has 23 heavy (non-hydrogen) atoms. The number of hydrogen-bond donors (Lipinski definition) is 4. The highest BCUT2D eigenvalue weighted by Gasteiger charge is 2.13. The van der Waals surface area contributed by atoms with Crippen LogP contribution in [0.3, 0.4) is 0 Å². The number of amides is 2. The number of hydrogen-bond acceptors (Lipinski definition) is 4. The molecule has 0 aliphatic carbocycles. The highest BCUT2D eigenvalue weighted by Crippen LogP contribution is 2.14. The van der Waals surface area contributed by atoms with Crippen molar-refractivity contribution in [1.82, 2.24) is 4.72 Å². The number of aliphatic hydroxyl groups is 1. The van der Waals surface area contributed by atoms with Gasteiger partial charge < -0.3 is 15.7 Å². The minimum atomic E-state index is -3.65. The van der Waals surface area contributed by atoms with Gasteiger partial charge in [-0.3, -0.25) is 0 Å². The van der Waals surface area contributed by atoms with Crippen molar-refractivity contribution in [2.24, 2.45) is 0 Å². The number of aliphatic hydroxyl groups excluding tert-OH is 1. The molecular formula is C15H17N3O4S. The van der Waals surface area contributed by atoms with E-state index < -0.39 is 16.1 Å². The zero-order valence-electron chi connectivity index (χ0n) is 12.2. The Balaban J connectivity index is 1.98. The molecule has 0 spiro atoms. The van der Waals surface area contributed by atoms with Crippen molar-refractivity contribution in [3.63, 3.8) is 0 Å². The van der Waals surface area contributed by atoms with Crippen molar-refractivity contribution in [2.45, 2.75) is 4.90 Å². The van der Waals surface area contributed by atoms with E-state index in [1.165, 1.54) is 24.3 Å². The summed E-state index contributed by atoms with van der Waals surface area (Å²) >= 11 is 0. The van der Waals surface area contributed by atoms with Crippen LogP contribution in [0.5, 0.6) is 0 Å². The quantitative estimate of drug-likeness (QED) is 0.643. The Morgan fingerprint density at radius 1 is 0.913 bits per heavy atom. The molecule has 2 aromatic carbocycles.